The topological polar surface area (TPSA) is 114 Å². The van der Waals surface area contributed by atoms with Crippen LogP contribution in [0.15, 0.2) is 6.20 Å². The SMILES string of the molecule is CC(C)N(CC(=O)O)C(=O)c1cn(CCN)nn1. The minimum atomic E-state index is -1.06. The molecule has 0 spiro atoms. The first-order valence-electron chi connectivity index (χ1n) is 5.58. The number of nitrogens with zero attached hydrogens (tertiary/aromatic N) is 4. The van der Waals surface area contributed by atoms with Gasteiger partial charge in [0, 0.05) is 12.6 Å². The summed E-state index contributed by atoms with van der Waals surface area (Å²) in [5.74, 6) is -1.51. The third kappa shape index (κ3) is 3.52. The summed E-state index contributed by atoms with van der Waals surface area (Å²) in [6.45, 7) is 3.97. The second-order valence-electron chi connectivity index (χ2n) is 4.08. The number of carboxylic acids is 1. The lowest BCUT2D eigenvalue weighted by atomic mass is 10.3. The standard InChI is InChI=1S/C10H17N5O3/c1-7(2)15(6-9(16)17)10(18)8-5-14(4-3-11)13-12-8/h5,7H,3-4,6,11H2,1-2H3,(H,16,17). The molecular weight excluding hydrogens is 238 g/mol. The summed E-state index contributed by atoms with van der Waals surface area (Å²) in [4.78, 5) is 24.0. The lowest BCUT2D eigenvalue weighted by molar-refractivity contribution is -0.138. The normalized spacial score (nSPS) is 10.7. The van der Waals surface area contributed by atoms with E-state index in [0.29, 0.717) is 13.1 Å². The van der Waals surface area contributed by atoms with Crippen molar-refractivity contribution in [3.63, 3.8) is 0 Å². The highest BCUT2D eigenvalue weighted by molar-refractivity contribution is 5.94. The minimum absolute atomic E-state index is 0.124. The fraction of sp³-hybridized carbons (Fsp3) is 0.600. The van der Waals surface area contributed by atoms with Crippen LogP contribution in [0.3, 0.4) is 0 Å². The maximum absolute atomic E-state index is 12.1. The Hall–Kier alpha value is -1.96. The van der Waals surface area contributed by atoms with Crippen LogP contribution in [-0.2, 0) is 11.3 Å². The van der Waals surface area contributed by atoms with Gasteiger partial charge in [-0.05, 0) is 13.8 Å². The Labute approximate surface area is 104 Å². The molecule has 1 amide bonds. The van der Waals surface area contributed by atoms with Crippen molar-refractivity contribution in [3.05, 3.63) is 11.9 Å². The molecule has 0 aliphatic heterocycles. The van der Waals surface area contributed by atoms with Gasteiger partial charge < -0.3 is 15.7 Å². The maximum Gasteiger partial charge on any atom is 0.323 e. The van der Waals surface area contributed by atoms with Crippen molar-refractivity contribution in [1.82, 2.24) is 19.9 Å². The van der Waals surface area contributed by atoms with Gasteiger partial charge in [-0.15, -0.1) is 5.10 Å². The Balaban J connectivity index is 2.84. The molecule has 0 atom stereocenters. The Bertz CT molecular complexity index is 429. The number of nitrogens with two attached hydrogens (primary N) is 1. The fourth-order valence-electron chi connectivity index (χ4n) is 1.42. The molecule has 0 bridgehead atoms. The van der Waals surface area contributed by atoms with Gasteiger partial charge in [0.25, 0.3) is 5.91 Å². The summed E-state index contributed by atoms with van der Waals surface area (Å²) in [6, 6.07) is -0.228. The molecular formula is C10H17N5O3. The molecule has 1 rings (SSSR count). The Morgan fingerprint density at radius 2 is 2.22 bits per heavy atom. The molecule has 8 heteroatoms. The van der Waals surface area contributed by atoms with Crippen molar-refractivity contribution in [2.45, 2.75) is 26.4 Å². The molecule has 0 saturated heterocycles. The number of aromatic nitrogens is 3. The molecule has 8 nitrogen and oxygen atoms in total. The van der Waals surface area contributed by atoms with Gasteiger partial charge in [0.1, 0.15) is 6.54 Å². The van der Waals surface area contributed by atoms with Crippen molar-refractivity contribution in [2.75, 3.05) is 13.1 Å². The number of hydrogen-bond donors (Lipinski definition) is 2. The van der Waals surface area contributed by atoms with Crippen molar-refractivity contribution in [1.29, 1.82) is 0 Å². The summed E-state index contributed by atoms with van der Waals surface area (Å²) in [6.07, 6.45) is 1.46. The number of carboxylic acid groups (broad SMARTS) is 1. The molecule has 0 aliphatic carbocycles. The van der Waals surface area contributed by atoms with E-state index in [0.717, 1.165) is 0 Å². The van der Waals surface area contributed by atoms with Crippen molar-refractivity contribution in [2.24, 2.45) is 5.73 Å². The summed E-state index contributed by atoms with van der Waals surface area (Å²) >= 11 is 0. The van der Waals surface area contributed by atoms with Crippen LogP contribution < -0.4 is 5.73 Å². The van der Waals surface area contributed by atoms with Crippen LogP contribution in [0.2, 0.25) is 0 Å². The Morgan fingerprint density at radius 3 is 2.72 bits per heavy atom. The zero-order valence-corrected chi connectivity index (χ0v) is 10.4. The average Bonchev–Trinajstić information content (AvgIpc) is 2.73. The molecule has 0 aliphatic rings. The molecule has 0 radical (unpaired) electrons. The largest absolute Gasteiger partial charge is 0.480 e. The molecule has 1 aromatic rings. The van der Waals surface area contributed by atoms with E-state index >= 15 is 0 Å². The van der Waals surface area contributed by atoms with E-state index in [1.807, 2.05) is 0 Å². The summed E-state index contributed by atoms with van der Waals surface area (Å²) in [5, 5.41) is 16.2. The molecule has 1 heterocycles. The molecule has 0 fully saturated rings. The van der Waals surface area contributed by atoms with Crippen LogP contribution in [0.4, 0.5) is 0 Å². The van der Waals surface area contributed by atoms with Gasteiger partial charge in [-0.1, -0.05) is 5.21 Å². The Morgan fingerprint density at radius 1 is 1.56 bits per heavy atom. The first-order valence-corrected chi connectivity index (χ1v) is 5.58. The smallest absolute Gasteiger partial charge is 0.323 e. The third-order valence-electron chi connectivity index (χ3n) is 2.31. The van der Waals surface area contributed by atoms with Gasteiger partial charge in [-0.3, -0.25) is 14.3 Å². The van der Waals surface area contributed by atoms with E-state index in [1.165, 1.54) is 15.8 Å². The number of rotatable bonds is 6. The second-order valence-corrected chi connectivity index (χ2v) is 4.08. The Kier molecular flexibility index (Phi) is 4.78. The molecule has 18 heavy (non-hydrogen) atoms. The molecule has 100 valence electrons. The van der Waals surface area contributed by atoms with Crippen LogP contribution in [-0.4, -0.2) is 56.0 Å². The van der Waals surface area contributed by atoms with Gasteiger partial charge in [0.05, 0.1) is 12.7 Å². The fourth-order valence-corrected chi connectivity index (χ4v) is 1.42. The highest BCUT2D eigenvalue weighted by Crippen LogP contribution is 2.05. The zero-order valence-electron chi connectivity index (χ0n) is 10.4. The number of aliphatic carboxylic acids is 1. The van der Waals surface area contributed by atoms with E-state index in [1.54, 1.807) is 13.8 Å². The van der Waals surface area contributed by atoms with Gasteiger partial charge >= 0.3 is 5.97 Å². The number of amides is 1. The van der Waals surface area contributed by atoms with Crippen molar-refractivity contribution >= 4 is 11.9 Å². The lowest BCUT2D eigenvalue weighted by Gasteiger charge is -2.23. The van der Waals surface area contributed by atoms with Gasteiger partial charge in [0.15, 0.2) is 5.69 Å². The van der Waals surface area contributed by atoms with Crippen LogP contribution in [0.25, 0.3) is 0 Å². The van der Waals surface area contributed by atoms with Crippen LogP contribution in [0.1, 0.15) is 24.3 Å². The quantitative estimate of drug-likeness (QED) is 0.685. The highest BCUT2D eigenvalue weighted by atomic mass is 16.4. The van der Waals surface area contributed by atoms with E-state index in [4.69, 9.17) is 10.8 Å². The van der Waals surface area contributed by atoms with E-state index in [9.17, 15) is 9.59 Å². The molecule has 0 aromatic carbocycles. The lowest BCUT2D eigenvalue weighted by Crippen LogP contribution is -2.40. The summed E-state index contributed by atoms with van der Waals surface area (Å²) in [7, 11) is 0. The molecule has 0 unspecified atom stereocenters. The van der Waals surface area contributed by atoms with Crippen LogP contribution in [0.5, 0.6) is 0 Å². The van der Waals surface area contributed by atoms with Crippen LogP contribution >= 0.6 is 0 Å². The second kappa shape index (κ2) is 6.10. The van der Waals surface area contributed by atoms with Gasteiger partial charge in [-0.25, -0.2) is 0 Å². The molecule has 0 saturated carbocycles. The summed E-state index contributed by atoms with van der Waals surface area (Å²) in [5.41, 5.74) is 5.48. The van der Waals surface area contributed by atoms with Crippen molar-refractivity contribution < 1.29 is 14.7 Å². The monoisotopic (exact) mass is 255 g/mol. The summed E-state index contributed by atoms with van der Waals surface area (Å²) < 4.78 is 1.45. The number of carbonyl (C=O) groups excluding carboxylic acids is 1. The molecule has 3 N–H and O–H groups in total. The number of hydrogen-bond acceptors (Lipinski definition) is 5. The van der Waals surface area contributed by atoms with E-state index in [-0.39, 0.29) is 18.3 Å². The number of carbonyl (C=O) groups is 2. The van der Waals surface area contributed by atoms with Crippen LogP contribution in [0, 0.1) is 0 Å². The van der Waals surface area contributed by atoms with E-state index in [2.05, 4.69) is 10.3 Å². The average molecular weight is 255 g/mol. The first-order chi connectivity index (χ1) is 8.45. The predicted octanol–water partition coefficient (Wildman–Crippen LogP) is -0.828. The minimum Gasteiger partial charge on any atom is -0.480 e. The first kappa shape index (κ1) is 14.1. The maximum atomic E-state index is 12.1. The van der Waals surface area contributed by atoms with Crippen molar-refractivity contribution in [3.8, 4) is 0 Å². The van der Waals surface area contributed by atoms with Gasteiger partial charge in [0.2, 0.25) is 0 Å². The molecule has 1 aromatic heterocycles. The predicted molar refractivity (Wildman–Crippen MR) is 62.9 cm³/mol. The highest BCUT2D eigenvalue weighted by Gasteiger charge is 2.23. The zero-order chi connectivity index (χ0) is 13.7. The van der Waals surface area contributed by atoms with Gasteiger partial charge in [-0.2, -0.15) is 0 Å². The van der Waals surface area contributed by atoms with E-state index < -0.39 is 11.9 Å². The third-order valence-corrected chi connectivity index (χ3v) is 2.31.